The van der Waals surface area contributed by atoms with E-state index in [1.165, 1.54) is 12.1 Å². The summed E-state index contributed by atoms with van der Waals surface area (Å²) in [4.78, 5) is 23.9. The second kappa shape index (κ2) is 7.99. The molecule has 6 heteroatoms. The summed E-state index contributed by atoms with van der Waals surface area (Å²) in [5, 5.41) is 3.49. The first-order valence-electron chi connectivity index (χ1n) is 7.04. The van der Waals surface area contributed by atoms with Gasteiger partial charge in [0.1, 0.15) is 0 Å². The van der Waals surface area contributed by atoms with Crippen LogP contribution in [0, 0.1) is 0 Å². The number of halogens is 2. The number of carbonyl (C=O) groups excluding carboxylic acids is 2. The number of benzene rings is 2. The number of hydrogen-bond donors (Lipinski definition) is 1. The highest BCUT2D eigenvalue weighted by molar-refractivity contribution is 6.35. The van der Waals surface area contributed by atoms with E-state index in [1.54, 1.807) is 30.3 Å². The maximum absolute atomic E-state index is 12.2. The average molecular weight is 352 g/mol. The number of rotatable bonds is 5. The zero-order chi connectivity index (χ0) is 16.8. The molecule has 0 aliphatic heterocycles. The molecular weight excluding hydrogens is 337 g/mol. The highest BCUT2D eigenvalue weighted by Crippen LogP contribution is 2.20. The van der Waals surface area contributed by atoms with Crippen molar-refractivity contribution in [2.75, 3.05) is 11.9 Å². The number of nitrogens with one attached hydrogen (secondary N) is 1. The van der Waals surface area contributed by atoms with Crippen molar-refractivity contribution < 1.29 is 14.3 Å². The Morgan fingerprint density at radius 2 is 1.61 bits per heavy atom. The molecule has 0 aliphatic rings. The molecule has 0 bridgehead atoms. The third kappa shape index (κ3) is 4.98. The molecule has 0 aliphatic carbocycles. The third-order valence-corrected chi connectivity index (χ3v) is 3.38. The van der Waals surface area contributed by atoms with Gasteiger partial charge >= 0.3 is 5.97 Å². The van der Waals surface area contributed by atoms with Crippen molar-refractivity contribution in [3.05, 3.63) is 63.6 Å². The van der Waals surface area contributed by atoms with Gasteiger partial charge in [-0.1, -0.05) is 30.1 Å². The van der Waals surface area contributed by atoms with Gasteiger partial charge in [0.25, 0.3) is 5.91 Å². The van der Waals surface area contributed by atoms with Crippen molar-refractivity contribution in [1.29, 1.82) is 0 Å². The van der Waals surface area contributed by atoms with Gasteiger partial charge in [0.15, 0.2) is 0 Å². The van der Waals surface area contributed by atoms with Crippen LogP contribution in [0.1, 0.15) is 34.1 Å². The van der Waals surface area contributed by atoms with Gasteiger partial charge in [-0.05, 0) is 48.9 Å². The molecule has 4 nitrogen and oxygen atoms in total. The molecule has 0 radical (unpaired) electrons. The van der Waals surface area contributed by atoms with E-state index in [0.29, 0.717) is 33.5 Å². The lowest BCUT2D eigenvalue weighted by atomic mass is 10.2. The summed E-state index contributed by atoms with van der Waals surface area (Å²) in [5.41, 5.74) is 1.34. The maximum Gasteiger partial charge on any atom is 0.338 e. The molecule has 0 fully saturated rings. The van der Waals surface area contributed by atoms with E-state index in [-0.39, 0.29) is 11.9 Å². The minimum Gasteiger partial charge on any atom is -0.462 e. The normalized spacial score (nSPS) is 10.2. The van der Waals surface area contributed by atoms with Gasteiger partial charge in [0, 0.05) is 21.3 Å². The van der Waals surface area contributed by atoms with Crippen LogP contribution in [0.2, 0.25) is 10.0 Å². The lowest BCUT2D eigenvalue weighted by molar-refractivity contribution is 0.0505. The van der Waals surface area contributed by atoms with Crippen LogP contribution >= 0.6 is 23.2 Å². The smallest absolute Gasteiger partial charge is 0.338 e. The topological polar surface area (TPSA) is 55.4 Å². The molecule has 0 aromatic heterocycles. The summed E-state index contributed by atoms with van der Waals surface area (Å²) in [7, 11) is 0. The second-order valence-corrected chi connectivity index (χ2v) is 5.70. The molecule has 0 spiro atoms. The van der Waals surface area contributed by atoms with Crippen LogP contribution in [0.15, 0.2) is 42.5 Å². The third-order valence-electron chi connectivity index (χ3n) is 2.94. The molecule has 2 rings (SSSR count). The highest BCUT2D eigenvalue weighted by atomic mass is 35.5. The number of esters is 1. The van der Waals surface area contributed by atoms with Crippen molar-refractivity contribution >= 4 is 40.8 Å². The summed E-state index contributed by atoms with van der Waals surface area (Å²) in [6.07, 6.45) is 0.766. The van der Waals surface area contributed by atoms with Gasteiger partial charge in [-0.2, -0.15) is 0 Å². The summed E-state index contributed by atoms with van der Waals surface area (Å²) in [6.45, 7) is 2.31. The SMILES string of the molecule is CCCOC(=O)c1ccc(NC(=O)c2cc(Cl)cc(Cl)c2)cc1. The number of ether oxygens (including phenoxy) is 1. The first kappa shape index (κ1) is 17.3. The second-order valence-electron chi connectivity index (χ2n) is 4.83. The van der Waals surface area contributed by atoms with E-state index in [4.69, 9.17) is 27.9 Å². The molecule has 0 atom stereocenters. The Labute approximate surface area is 144 Å². The molecule has 1 N–H and O–H groups in total. The fourth-order valence-electron chi connectivity index (χ4n) is 1.86. The van der Waals surface area contributed by atoms with Crippen LogP contribution in [0.5, 0.6) is 0 Å². The van der Waals surface area contributed by atoms with Crippen molar-refractivity contribution in [1.82, 2.24) is 0 Å². The molecule has 0 unspecified atom stereocenters. The fourth-order valence-corrected chi connectivity index (χ4v) is 2.38. The van der Waals surface area contributed by atoms with Crippen LogP contribution < -0.4 is 5.32 Å². The van der Waals surface area contributed by atoms with E-state index in [0.717, 1.165) is 6.42 Å². The number of amides is 1. The molecule has 23 heavy (non-hydrogen) atoms. The molecule has 0 saturated heterocycles. The minimum absolute atomic E-state index is 0.337. The Morgan fingerprint density at radius 3 is 2.17 bits per heavy atom. The molecule has 120 valence electrons. The Morgan fingerprint density at radius 1 is 1.00 bits per heavy atom. The maximum atomic E-state index is 12.2. The predicted molar refractivity (Wildman–Crippen MR) is 91.4 cm³/mol. The van der Waals surface area contributed by atoms with Crippen molar-refractivity contribution in [2.45, 2.75) is 13.3 Å². The Bertz CT molecular complexity index is 694. The summed E-state index contributed by atoms with van der Waals surface area (Å²) < 4.78 is 5.04. The number of carbonyl (C=O) groups is 2. The van der Waals surface area contributed by atoms with E-state index in [2.05, 4.69) is 5.32 Å². The predicted octanol–water partition coefficient (Wildman–Crippen LogP) is 4.81. The largest absolute Gasteiger partial charge is 0.462 e. The van der Waals surface area contributed by atoms with Crippen LogP contribution in [0.25, 0.3) is 0 Å². The van der Waals surface area contributed by atoms with Crippen molar-refractivity contribution in [3.8, 4) is 0 Å². The molecule has 1 amide bonds. The van der Waals surface area contributed by atoms with Gasteiger partial charge in [-0.3, -0.25) is 4.79 Å². The van der Waals surface area contributed by atoms with Crippen LogP contribution in [-0.2, 0) is 4.74 Å². The summed E-state index contributed by atoms with van der Waals surface area (Å²) in [5.74, 6) is -0.720. The zero-order valence-electron chi connectivity index (χ0n) is 12.4. The standard InChI is InChI=1S/C17H15Cl2NO3/c1-2-7-23-17(22)11-3-5-15(6-4-11)20-16(21)12-8-13(18)10-14(19)9-12/h3-6,8-10H,2,7H2,1H3,(H,20,21). The molecular formula is C17H15Cl2NO3. The first-order valence-corrected chi connectivity index (χ1v) is 7.80. The average Bonchev–Trinajstić information content (AvgIpc) is 2.52. The minimum atomic E-state index is -0.383. The Hall–Kier alpha value is -2.04. The van der Waals surface area contributed by atoms with E-state index >= 15 is 0 Å². The summed E-state index contributed by atoms with van der Waals surface area (Å²) >= 11 is 11.8. The molecule has 2 aromatic rings. The van der Waals surface area contributed by atoms with Crippen molar-refractivity contribution in [3.63, 3.8) is 0 Å². The van der Waals surface area contributed by atoms with Gasteiger partial charge in [-0.15, -0.1) is 0 Å². The number of anilines is 1. The van der Waals surface area contributed by atoms with Gasteiger partial charge in [0.2, 0.25) is 0 Å². The number of hydrogen-bond acceptors (Lipinski definition) is 3. The highest BCUT2D eigenvalue weighted by Gasteiger charge is 2.10. The fraction of sp³-hybridized carbons (Fsp3) is 0.176. The molecule has 0 saturated carbocycles. The van der Waals surface area contributed by atoms with Crippen LogP contribution in [0.4, 0.5) is 5.69 Å². The van der Waals surface area contributed by atoms with Crippen LogP contribution in [-0.4, -0.2) is 18.5 Å². The Balaban J connectivity index is 2.05. The molecule has 0 heterocycles. The van der Waals surface area contributed by atoms with Gasteiger partial charge < -0.3 is 10.1 Å². The Kier molecular flexibility index (Phi) is 6.02. The lowest BCUT2D eigenvalue weighted by Crippen LogP contribution is -2.12. The monoisotopic (exact) mass is 351 g/mol. The van der Waals surface area contributed by atoms with Gasteiger partial charge in [-0.25, -0.2) is 4.79 Å². The van der Waals surface area contributed by atoms with Crippen molar-refractivity contribution in [2.24, 2.45) is 0 Å². The van der Waals surface area contributed by atoms with E-state index < -0.39 is 0 Å². The summed E-state index contributed by atoms with van der Waals surface area (Å²) in [6, 6.07) is 11.1. The first-order chi connectivity index (χ1) is 11.0. The van der Waals surface area contributed by atoms with E-state index in [9.17, 15) is 9.59 Å². The zero-order valence-corrected chi connectivity index (χ0v) is 13.9. The van der Waals surface area contributed by atoms with Gasteiger partial charge in [0.05, 0.1) is 12.2 Å². The lowest BCUT2D eigenvalue weighted by Gasteiger charge is -2.07. The quantitative estimate of drug-likeness (QED) is 0.786. The van der Waals surface area contributed by atoms with Crippen LogP contribution in [0.3, 0.4) is 0 Å². The van der Waals surface area contributed by atoms with E-state index in [1.807, 2.05) is 6.92 Å². The molecule has 2 aromatic carbocycles.